The van der Waals surface area contributed by atoms with E-state index in [1.807, 2.05) is 54.5 Å². The van der Waals surface area contributed by atoms with Gasteiger partial charge in [-0.2, -0.15) is 22.1 Å². The van der Waals surface area contributed by atoms with Gasteiger partial charge in [-0.05, 0) is 206 Å². The third-order valence-electron chi connectivity index (χ3n) is 20.7. The number of carbonyl (C=O) groups is 4. The molecule has 1 saturated carbocycles. The van der Waals surface area contributed by atoms with Gasteiger partial charge in [0.1, 0.15) is 68.0 Å². The molecule has 0 spiro atoms. The van der Waals surface area contributed by atoms with Crippen LogP contribution in [0.5, 0.6) is 46.0 Å². The molecule has 8 aromatic carbocycles. The van der Waals surface area contributed by atoms with Crippen molar-refractivity contribution in [2.75, 3.05) is 33.9 Å². The Labute approximate surface area is 666 Å². The molecule has 5 heterocycles. The first-order valence-electron chi connectivity index (χ1n) is 37.6. The largest absolute Gasteiger partial charge is 0.508 e. The third-order valence-corrected chi connectivity index (χ3v) is 22.3. The molecule has 33 heteroatoms. The van der Waals surface area contributed by atoms with Gasteiger partial charge in [-0.3, -0.25) is 28.6 Å². The van der Waals surface area contributed by atoms with Gasteiger partial charge in [-0.25, -0.2) is 0 Å². The molecule has 0 bridgehead atoms. The quantitative estimate of drug-likeness (QED) is 0.0228. The lowest BCUT2D eigenvalue weighted by molar-refractivity contribution is -0.812. The van der Waals surface area contributed by atoms with E-state index >= 15 is 13.2 Å². The monoisotopic (exact) mass is 1590 g/mol. The fourth-order valence-corrected chi connectivity index (χ4v) is 16.0. The SMILES string of the molecule is COc1ccc(-n2c(-c3ccc(C(C)C)cc3O)n[n+](COc3ccc(-n4c(-c5ccc(C)cc5O)n[n+](C5CN(Cc6ccc(-n7c(-c8cc(C(C)C)c(OC)cc8O)n[n+](S(=O)(=O)c8ccc(-n9c(C(N)=O)nnc9-c9cc(C(C)C)c(O)cc9O)cc8)c7C(=O)NC7CCCC7)cc6)CCO5)c4C(N)=O)cc3)c2C(N)=O)cc1. The number of rotatable bonds is 26. The average Bonchev–Trinajstić information content (AvgIpc) is 1.59. The maximum Gasteiger partial charge on any atom is 0.391 e. The summed E-state index contributed by atoms with van der Waals surface area (Å²) in [4.78, 5) is 57.8. The molecule has 116 heavy (non-hydrogen) atoms. The zero-order valence-electron chi connectivity index (χ0n) is 65.0. The minimum absolute atomic E-state index is 0.0550. The van der Waals surface area contributed by atoms with Gasteiger partial charge in [-0.15, -0.1) is 10.2 Å². The average molecular weight is 1600 g/mol. The molecule has 32 nitrogen and oxygen atoms in total. The molecule has 12 aromatic rings. The number of hydrogen-bond acceptors (Lipinski definition) is 21. The number of nitrogens with two attached hydrogens (primary N) is 3. The predicted octanol–water partition coefficient (Wildman–Crippen LogP) is 8.85. The number of primary amides is 3. The number of amides is 4. The van der Waals surface area contributed by atoms with Gasteiger partial charge in [0.2, 0.25) is 12.1 Å². The summed E-state index contributed by atoms with van der Waals surface area (Å²) in [6.07, 6.45) is 1.92. The molecule has 0 radical (unpaired) electrons. The zero-order chi connectivity index (χ0) is 82.5. The standard InChI is InChI=1S/C83H85N17O15S/c1-45(2)50-17-33-60(66(102)37-50)76-90-94(81(73(85)107)96(76)54-20-26-56(112-8)27-21-54)44-115-57-28-22-55(23-29-57)97-77(59-32-14-48(7)36-65(59)101)91-99(82(97)74(86)108)71-43-93(34-35-114-71)42-49-15-18-53(19-16-49)98-78(64-39-62(47(5)6)70(113-9)41-69(64)105)92-100(83(98)80(109)87-51-12-10-11-13-51)116(110,111)58-30-24-52(25-31-58)95-75(88-89-79(95)72(84)106)63-38-61(46(3)4)67(103)40-68(63)104/h14-33,36-41,45-47,51,71H,10-13,34-35,42-44H2,1-9H3,(H9-3,84,85,86,87,88,90,91,92,101,102,103,104,105,106,107,108,109)/p+3. The molecule has 2 aliphatic rings. The zero-order valence-corrected chi connectivity index (χ0v) is 65.9. The van der Waals surface area contributed by atoms with Crippen LogP contribution < -0.4 is 50.2 Å². The van der Waals surface area contributed by atoms with Gasteiger partial charge >= 0.3 is 45.2 Å². The van der Waals surface area contributed by atoms with Crippen molar-refractivity contribution in [3.8, 4) is 114 Å². The molecule has 1 atom stereocenters. The van der Waals surface area contributed by atoms with Crippen molar-refractivity contribution < 1.29 is 85.5 Å². The summed E-state index contributed by atoms with van der Waals surface area (Å²) in [5.41, 5.74) is 23.8. The van der Waals surface area contributed by atoms with Gasteiger partial charge in [0, 0.05) is 37.0 Å². The van der Waals surface area contributed by atoms with Crippen LogP contribution >= 0.6 is 0 Å². The normalized spacial score (nSPS) is 14.1. The summed E-state index contributed by atoms with van der Waals surface area (Å²) in [5, 5.41) is 82.9. The maximum absolute atomic E-state index is 15.7. The summed E-state index contributed by atoms with van der Waals surface area (Å²) < 4.78 is 64.2. The molecule has 4 aromatic heterocycles. The van der Waals surface area contributed by atoms with Crippen LogP contribution in [0.4, 0.5) is 0 Å². The van der Waals surface area contributed by atoms with Crippen LogP contribution in [0.1, 0.15) is 162 Å². The van der Waals surface area contributed by atoms with E-state index in [1.54, 1.807) is 109 Å². The number of nitrogens with one attached hydrogen (secondary N) is 1. The molecular weight excluding hydrogens is 1510 g/mol. The number of hydrogen-bond donors (Lipinski definition) is 9. The number of nitrogens with zero attached hydrogens (tertiary/aromatic N) is 13. The number of benzene rings is 8. The highest BCUT2D eigenvalue weighted by molar-refractivity contribution is 7.85. The molecule has 1 aliphatic heterocycles. The molecule has 12 N–H and O–H groups in total. The van der Waals surface area contributed by atoms with Crippen LogP contribution in [0.2, 0.25) is 0 Å². The van der Waals surface area contributed by atoms with Gasteiger partial charge in [0.15, 0.2) is 5.82 Å². The number of phenolic OH excluding ortho intramolecular Hbond substituents is 5. The second-order valence-corrected chi connectivity index (χ2v) is 31.2. The van der Waals surface area contributed by atoms with Crippen molar-refractivity contribution in [1.29, 1.82) is 0 Å². The number of phenols is 5. The van der Waals surface area contributed by atoms with E-state index in [0.29, 0.717) is 63.0 Å². The van der Waals surface area contributed by atoms with E-state index in [0.717, 1.165) is 35.6 Å². The van der Waals surface area contributed by atoms with Crippen molar-refractivity contribution in [1.82, 2.24) is 54.0 Å². The van der Waals surface area contributed by atoms with Crippen LogP contribution in [0.3, 0.4) is 0 Å². The fraction of sp³-hybridized carbons (Fsp3) is 0.277. The molecule has 1 aliphatic carbocycles. The number of ether oxygens (including phenoxy) is 4. The second kappa shape index (κ2) is 32.2. The minimum atomic E-state index is -4.93. The van der Waals surface area contributed by atoms with E-state index < -0.39 is 51.5 Å². The van der Waals surface area contributed by atoms with Crippen molar-refractivity contribution >= 4 is 33.7 Å². The van der Waals surface area contributed by atoms with E-state index in [4.69, 9.17) is 51.4 Å². The third kappa shape index (κ3) is 15.2. The number of carbonyl (C=O) groups excluding carboxylic acids is 4. The van der Waals surface area contributed by atoms with Gasteiger partial charge in [0.25, 0.3) is 30.1 Å². The minimum Gasteiger partial charge on any atom is -0.508 e. The lowest BCUT2D eigenvalue weighted by Gasteiger charge is -2.30. The molecule has 2 fully saturated rings. The van der Waals surface area contributed by atoms with E-state index in [-0.39, 0.29) is 153 Å². The summed E-state index contributed by atoms with van der Waals surface area (Å²) in [6, 6.07) is 41.3. The topological polar surface area (TPSA) is 430 Å². The van der Waals surface area contributed by atoms with E-state index in [2.05, 4.69) is 20.4 Å². The van der Waals surface area contributed by atoms with Crippen molar-refractivity contribution in [3.63, 3.8) is 0 Å². The molecule has 598 valence electrons. The van der Waals surface area contributed by atoms with Crippen LogP contribution in [-0.4, -0.2) is 146 Å². The number of aromatic nitrogens is 12. The van der Waals surface area contributed by atoms with Crippen LogP contribution in [0, 0.1) is 6.92 Å². The predicted molar refractivity (Wildman–Crippen MR) is 422 cm³/mol. The number of aromatic hydroxyl groups is 5. The van der Waals surface area contributed by atoms with Crippen molar-refractivity contribution in [2.24, 2.45) is 17.2 Å². The summed E-state index contributed by atoms with van der Waals surface area (Å²) >= 11 is 0. The maximum atomic E-state index is 15.7. The Morgan fingerprint density at radius 1 is 0.552 bits per heavy atom. The number of aryl methyl sites for hydroxylation is 1. The number of methoxy groups -OCH3 is 2. The summed E-state index contributed by atoms with van der Waals surface area (Å²) in [5.74, 6) is -4.64. The summed E-state index contributed by atoms with van der Waals surface area (Å²) in [7, 11) is -1.94. The highest BCUT2D eigenvalue weighted by Gasteiger charge is 2.45. The number of morpholine rings is 1. The van der Waals surface area contributed by atoms with E-state index in [9.17, 15) is 39.9 Å². The lowest BCUT2D eigenvalue weighted by Crippen LogP contribution is -2.56. The first-order chi connectivity index (χ1) is 55.5. The first kappa shape index (κ1) is 79.1. The van der Waals surface area contributed by atoms with Gasteiger partial charge in [0.05, 0.1) is 49.6 Å². The highest BCUT2D eigenvalue weighted by atomic mass is 32.2. The van der Waals surface area contributed by atoms with E-state index in [1.165, 1.54) is 78.2 Å². The Morgan fingerprint density at radius 3 is 1.69 bits per heavy atom. The Kier molecular flexibility index (Phi) is 21.9. The fourth-order valence-electron chi connectivity index (χ4n) is 14.7. The molecule has 1 saturated heterocycles. The molecule has 14 rings (SSSR count). The first-order valence-corrected chi connectivity index (χ1v) is 39.0. The van der Waals surface area contributed by atoms with Gasteiger partial charge in [-0.1, -0.05) is 88.0 Å². The van der Waals surface area contributed by atoms with Crippen molar-refractivity contribution in [3.05, 3.63) is 209 Å². The van der Waals surface area contributed by atoms with Gasteiger partial charge < -0.3 is 67.0 Å². The lowest BCUT2D eigenvalue weighted by atomic mass is 9.98. The Balaban J connectivity index is 0.795. The van der Waals surface area contributed by atoms with Crippen LogP contribution in [0.25, 0.3) is 68.3 Å². The van der Waals surface area contributed by atoms with Crippen LogP contribution in [0.15, 0.2) is 163 Å². The Morgan fingerprint density at radius 2 is 1.09 bits per heavy atom. The summed E-state index contributed by atoms with van der Waals surface area (Å²) in [6.45, 7) is 13.9. The molecular formula is C83H88N17O15S+3. The highest BCUT2D eigenvalue weighted by Crippen LogP contribution is 2.42. The smallest absolute Gasteiger partial charge is 0.391 e. The molecule has 1 unspecified atom stereocenters. The van der Waals surface area contributed by atoms with Crippen molar-refractivity contribution in [2.45, 2.75) is 122 Å². The van der Waals surface area contributed by atoms with Crippen LogP contribution in [-0.2, 0) is 28.0 Å². The Hall–Kier alpha value is -13.5. The molecule has 4 amide bonds. The Bertz CT molecular complexity index is 5930. The second-order valence-electron chi connectivity index (χ2n) is 29.5.